The molecule has 0 saturated carbocycles. The lowest BCUT2D eigenvalue weighted by Gasteiger charge is -2.29. The van der Waals surface area contributed by atoms with E-state index in [0.29, 0.717) is 0 Å². The predicted molar refractivity (Wildman–Crippen MR) is 66.3 cm³/mol. The van der Waals surface area contributed by atoms with Gasteiger partial charge in [0.2, 0.25) is 5.91 Å². The maximum absolute atomic E-state index is 11.5. The van der Waals surface area contributed by atoms with E-state index >= 15 is 0 Å². The van der Waals surface area contributed by atoms with Crippen LogP contribution in [0.15, 0.2) is 0 Å². The fourth-order valence-electron chi connectivity index (χ4n) is 1.15. The van der Waals surface area contributed by atoms with E-state index in [1.165, 1.54) is 0 Å². The fraction of sp³-hybridized carbons (Fsp3) is 0.909. The van der Waals surface area contributed by atoms with Crippen LogP contribution >= 0.6 is 15.9 Å². The molecular formula is C11H22BrNO2. The Labute approximate surface area is 101 Å². The Morgan fingerprint density at radius 3 is 2.53 bits per heavy atom. The van der Waals surface area contributed by atoms with Crippen LogP contribution in [0.1, 0.15) is 40.5 Å². The van der Waals surface area contributed by atoms with Crippen LogP contribution in [-0.4, -0.2) is 29.5 Å². The van der Waals surface area contributed by atoms with Crippen LogP contribution < -0.4 is 5.32 Å². The second-order valence-corrected chi connectivity index (χ2v) is 5.05. The van der Waals surface area contributed by atoms with Gasteiger partial charge in [-0.15, -0.1) is 0 Å². The number of nitrogens with one attached hydrogen (secondary N) is 1. The van der Waals surface area contributed by atoms with Crippen molar-refractivity contribution in [3.05, 3.63) is 0 Å². The minimum absolute atomic E-state index is 0.0333. The summed E-state index contributed by atoms with van der Waals surface area (Å²) in [4.78, 5) is 11.5. The highest BCUT2D eigenvalue weighted by atomic mass is 79.9. The molecule has 0 aromatic heterocycles. The van der Waals surface area contributed by atoms with Crippen LogP contribution in [-0.2, 0) is 9.53 Å². The first-order valence-electron chi connectivity index (χ1n) is 5.42. The highest BCUT2D eigenvalue weighted by Crippen LogP contribution is 2.15. The summed E-state index contributed by atoms with van der Waals surface area (Å²) >= 11 is 3.40. The van der Waals surface area contributed by atoms with E-state index in [-0.39, 0.29) is 24.2 Å². The number of hydrogen-bond donors (Lipinski definition) is 1. The maximum atomic E-state index is 11.5. The molecule has 1 N–H and O–H groups in total. The van der Waals surface area contributed by atoms with Crippen molar-refractivity contribution in [3.8, 4) is 0 Å². The molecule has 90 valence electrons. The van der Waals surface area contributed by atoms with Crippen LogP contribution in [0.25, 0.3) is 0 Å². The number of hydrogen-bond acceptors (Lipinski definition) is 2. The predicted octanol–water partition coefficient (Wildman–Crippen LogP) is 2.48. The summed E-state index contributed by atoms with van der Waals surface area (Å²) < 4.78 is 5.25. The lowest BCUT2D eigenvalue weighted by atomic mass is 9.95. The topological polar surface area (TPSA) is 38.3 Å². The molecule has 0 heterocycles. The molecule has 0 aliphatic carbocycles. The van der Waals surface area contributed by atoms with Crippen LogP contribution in [0.5, 0.6) is 0 Å². The number of carbonyl (C=O) groups is 1. The fourth-order valence-corrected chi connectivity index (χ4v) is 2.03. The van der Waals surface area contributed by atoms with E-state index in [1.54, 1.807) is 0 Å². The van der Waals surface area contributed by atoms with Crippen molar-refractivity contribution in [1.82, 2.24) is 5.32 Å². The molecular weight excluding hydrogens is 258 g/mol. The van der Waals surface area contributed by atoms with Gasteiger partial charge in [0.25, 0.3) is 0 Å². The Kier molecular flexibility index (Phi) is 7.18. The zero-order chi connectivity index (χ0) is 11.9. The monoisotopic (exact) mass is 279 g/mol. The summed E-state index contributed by atoms with van der Waals surface area (Å²) in [5.74, 6) is -0.0333. The van der Waals surface area contributed by atoms with E-state index in [0.717, 1.165) is 18.2 Å². The third kappa shape index (κ3) is 6.90. The van der Waals surface area contributed by atoms with Crippen molar-refractivity contribution in [2.75, 3.05) is 11.9 Å². The summed E-state index contributed by atoms with van der Waals surface area (Å²) in [6.45, 7) is 8.12. The van der Waals surface area contributed by atoms with Crippen molar-refractivity contribution >= 4 is 21.8 Å². The first-order chi connectivity index (χ1) is 6.93. The quantitative estimate of drug-likeness (QED) is 0.728. The molecule has 1 unspecified atom stereocenters. The van der Waals surface area contributed by atoms with Crippen LogP contribution in [0.2, 0.25) is 0 Å². The third-order valence-corrected chi connectivity index (χ3v) is 2.81. The molecule has 15 heavy (non-hydrogen) atoms. The number of ether oxygens (including phenoxy) is 1. The highest BCUT2D eigenvalue weighted by Gasteiger charge is 2.23. The molecule has 3 nitrogen and oxygen atoms in total. The molecule has 0 aromatic carbocycles. The van der Waals surface area contributed by atoms with Gasteiger partial charge in [0, 0.05) is 10.9 Å². The largest absolute Gasteiger partial charge is 0.369 e. The average Bonchev–Trinajstić information content (AvgIpc) is 2.15. The Balaban J connectivity index is 4.01. The standard InChI is InChI=1S/C11H22BrNO2/c1-5-11(4,6-7-12)13-10(14)8-15-9(2)3/h9H,5-8H2,1-4H3,(H,13,14). The van der Waals surface area contributed by atoms with Crippen LogP contribution in [0.3, 0.4) is 0 Å². The van der Waals surface area contributed by atoms with Gasteiger partial charge >= 0.3 is 0 Å². The highest BCUT2D eigenvalue weighted by molar-refractivity contribution is 9.09. The van der Waals surface area contributed by atoms with Gasteiger partial charge < -0.3 is 10.1 Å². The third-order valence-electron chi connectivity index (χ3n) is 2.42. The zero-order valence-electron chi connectivity index (χ0n) is 10.1. The molecule has 1 amide bonds. The minimum Gasteiger partial charge on any atom is -0.369 e. The molecule has 0 fully saturated rings. The normalized spacial score (nSPS) is 15.1. The van der Waals surface area contributed by atoms with Gasteiger partial charge in [0.05, 0.1) is 6.10 Å². The number of rotatable bonds is 7. The number of amides is 1. The Morgan fingerprint density at radius 1 is 1.53 bits per heavy atom. The van der Waals surface area contributed by atoms with Gasteiger partial charge in [-0.3, -0.25) is 4.79 Å². The second kappa shape index (κ2) is 7.23. The van der Waals surface area contributed by atoms with Crippen molar-refractivity contribution in [1.29, 1.82) is 0 Å². The van der Waals surface area contributed by atoms with Crippen molar-refractivity contribution < 1.29 is 9.53 Å². The first-order valence-corrected chi connectivity index (χ1v) is 6.54. The molecule has 0 aliphatic rings. The van der Waals surface area contributed by atoms with Gasteiger partial charge in [-0.2, -0.15) is 0 Å². The molecule has 0 aliphatic heterocycles. The lowest BCUT2D eigenvalue weighted by molar-refractivity contribution is -0.129. The summed E-state index contributed by atoms with van der Waals surface area (Å²) in [5.41, 5.74) is -0.124. The van der Waals surface area contributed by atoms with E-state index in [9.17, 15) is 4.79 Å². The van der Waals surface area contributed by atoms with Gasteiger partial charge in [-0.05, 0) is 33.6 Å². The molecule has 0 bridgehead atoms. The van der Waals surface area contributed by atoms with E-state index in [2.05, 4.69) is 35.1 Å². The van der Waals surface area contributed by atoms with E-state index < -0.39 is 0 Å². The van der Waals surface area contributed by atoms with E-state index in [4.69, 9.17) is 4.74 Å². The van der Waals surface area contributed by atoms with Crippen LogP contribution in [0.4, 0.5) is 0 Å². The molecule has 0 aromatic rings. The number of alkyl halides is 1. The number of carbonyl (C=O) groups excluding carboxylic acids is 1. The van der Waals surface area contributed by atoms with Gasteiger partial charge in [0.15, 0.2) is 0 Å². The smallest absolute Gasteiger partial charge is 0.246 e. The molecule has 1 atom stereocenters. The molecule has 0 spiro atoms. The maximum Gasteiger partial charge on any atom is 0.246 e. The van der Waals surface area contributed by atoms with Gasteiger partial charge in [-0.1, -0.05) is 22.9 Å². The summed E-state index contributed by atoms with van der Waals surface area (Å²) in [6, 6.07) is 0. The Bertz CT molecular complexity index is 197. The lowest BCUT2D eigenvalue weighted by Crippen LogP contribution is -2.47. The number of halogens is 1. The first kappa shape index (κ1) is 14.9. The molecule has 0 saturated heterocycles. The van der Waals surface area contributed by atoms with Crippen molar-refractivity contribution in [2.24, 2.45) is 0 Å². The summed E-state index contributed by atoms with van der Waals surface area (Å²) in [7, 11) is 0. The summed E-state index contributed by atoms with van der Waals surface area (Å²) in [6.07, 6.45) is 1.95. The summed E-state index contributed by atoms with van der Waals surface area (Å²) in [5, 5.41) is 3.90. The minimum atomic E-state index is -0.124. The Morgan fingerprint density at radius 2 is 2.13 bits per heavy atom. The SMILES string of the molecule is CCC(C)(CCBr)NC(=O)COC(C)C. The van der Waals surface area contributed by atoms with Crippen molar-refractivity contribution in [3.63, 3.8) is 0 Å². The molecule has 0 radical (unpaired) electrons. The van der Waals surface area contributed by atoms with Gasteiger partial charge in [-0.25, -0.2) is 0 Å². The van der Waals surface area contributed by atoms with Crippen molar-refractivity contribution in [2.45, 2.75) is 52.2 Å². The Hall–Kier alpha value is -0.0900. The average molecular weight is 280 g/mol. The molecule has 0 rings (SSSR count). The van der Waals surface area contributed by atoms with Gasteiger partial charge in [0.1, 0.15) is 6.61 Å². The van der Waals surface area contributed by atoms with E-state index in [1.807, 2.05) is 13.8 Å². The zero-order valence-corrected chi connectivity index (χ0v) is 11.7. The van der Waals surface area contributed by atoms with Crippen LogP contribution in [0, 0.1) is 0 Å². The second-order valence-electron chi connectivity index (χ2n) is 4.26. The molecule has 4 heteroatoms.